The molecule has 0 aliphatic heterocycles. The van der Waals surface area contributed by atoms with E-state index < -0.39 is 11.4 Å². The molecule has 25 heavy (non-hydrogen) atoms. The van der Waals surface area contributed by atoms with Crippen molar-refractivity contribution in [1.82, 2.24) is 15.5 Å². The van der Waals surface area contributed by atoms with Gasteiger partial charge >= 0.3 is 5.97 Å². The molecule has 2 aromatic rings. The van der Waals surface area contributed by atoms with E-state index >= 15 is 0 Å². The minimum absolute atomic E-state index is 0.0138. The Hall–Kier alpha value is -2.41. The van der Waals surface area contributed by atoms with Crippen LogP contribution in [0, 0.1) is 5.41 Å². The van der Waals surface area contributed by atoms with E-state index in [0.29, 0.717) is 42.5 Å². The van der Waals surface area contributed by atoms with Crippen molar-refractivity contribution in [3.05, 3.63) is 35.2 Å². The molecule has 1 aliphatic carbocycles. The number of carbonyl (C=O) groups is 2. The summed E-state index contributed by atoms with van der Waals surface area (Å²) in [5.74, 6) is -0.330. The normalized spacial score (nSPS) is 15.4. The predicted molar refractivity (Wildman–Crippen MR) is 90.0 cm³/mol. The highest BCUT2D eigenvalue weighted by atomic mass is 35.5. The Labute approximate surface area is 149 Å². The number of carboxylic acids is 1. The monoisotopic (exact) mass is 363 g/mol. The number of hydrogen-bond acceptors (Lipinski definition) is 5. The Balaban J connectivity index is 1.49. The van der Waals surface area contributed by atoms with Gasteiger partial charge in [0.05, 0.1) is 5.41 Å². The summed E-state index contributed by atoms with van der Waals surface area (Å²) in [7, 11) is 0. The fourth-order valence-electron chi connectivity index (χ4n) is 2.85. The SMILES string of the molecule is O=C(CC1(C(=O)O)CCC1)NCCc1nc(-c2cccc(Cl)c2)no1. The zero-order chi connectivity index (χ0) is 17.9. The third-order valence-electron chi connectivity index (χ3n) is 4.48. The molecule has 1 aromatic carbocycles. The van der Waals surface area contributed by atoms with E-state index in [0.717, 1.165) is 12.0 Å². The molecule has 0 saturated heterocycles. The summed E-state index contributed by atoms with van der Waals surface area (Å²) < 4.78 is 5.16. The van der Waals surface area contributed by atoms with Crippen LogP contribution < -0.4 is 5.32 Å². The van der Waals surface area contributed by atoms with Crippen molar-refractivity contribution >= 4 is 23.5 Å². The second-order valence-corrected chi connectivity index (χ2v) is 6.67. The highest BCUT2D eigenvalue weighted by Crippen LogP contribution is 2.44. The van der Waals surface area contributed by atoms with Crippen LogP contribution in [0.2, 0.25) is 5.02 Å². The van der Waals surface area contributed by atoms with E-state index in [-0.39, 0.29) is 12.3 Å². The molecule has 0 bridgehead atoms. The van der Waals surface area contributed by atoms with Gasteiger partial charge in [-0.05, 0) is 25.0 Å². The van der Waals surface area contributed by atoms with Crippen molar-refractivity contribution in [2.45, 2.75) is 32.1 Å². The number of rotatable bonds is 7. The van der Waals surface area contributed by atoms with E-state index in [1.807, 2.05) is 6.07 Å². The lowest BCUT2D eigenvalue weighted by Crippen LogP contribution is -2.42. The van der Waals surface area contributed by atoms with Gasteiger partial charge in [-0.1, -0.05) is 35.3 Å². The number of amides is 1. The molecule has 1 fully saturated rings. The van der Waals surface area contributed by atoms with Gasteiger partial charge in [-0.15, -0.1) is 0 Å². The molecule has 0 spiro atoms. The van der Waals surface area contributed by atoms with Crippen molar-refractivity contribution in [3.8, 4) is 11.4 Å². The molecule has 7 nitrogen and oxygen atoms in total. The third kappa shape index (κ3) is 3.99. The second kappa shape index (κ2) is 7.23. The molecule has 1 aliphatic rings. The lowest BCUT2D eigenvalue weighted by molar-refractivity contribution is -0.157. The van der Waals surface area contributed by atoms with Gasteiger partial charge in [0.15, 0.2) is 0 Å². The molecule has 1 aromatic heterocycles. The number of aromatic nitrogens is 2. The van der Waals surface area contributed by atoms with Gasteiger partial charge in [-0.3, -0.25) is 9.59 Å². The van der Waals surface area contributed by atoms with Gasteiger partial charge in [-0.25, -0.2) is 0 Å². The van der Waals surface area contributed by atoms with Crippen LogP contribution >= 0.6 is 11.6 Å². The van der Waals surface area contributed by atoms with Crippen LogP contribution in [0.25, 0.3) is 11.4 Å². The van der Waals surface area contributed by atoms with Crippen LogP contribution in [0.15, 0.2) is 28.8 Å². The van der Waals surface area contributed by atoms with Gasteiger partial charge in [0.1, 0.15) is 0 Å². The van der Waals surface area contributed by atoms with Gasteiger partial charge in [-0.2, -0.15) is 4.98 Å². The highest BCUT2D eigenvalue weighted by molar-refractivity contribution is 6.30. The average molecular weight is 364 g/mol. The number of hydrogen-bond donors (Lipinski definition) is 2. The van der Waals surface area contributed by atoms with Gasteiger partial charge < -0.3 is 14.9 Å². The number of carboxylic acid groups (broad SMARTS) is 1. The number of carbonyl (C=O) groups excluding carboxylic acids is 1. The largest absolute Gasteiger partial charge is 0.481 e. The standard InChI is InChI=1S/C17H18ClN3O4/c18-12-4-1-3-11(9-12)15-20-14(25-21-15)5-8-19-13(22)10-17(16(23)24)6-2-7-17/h1,3-4,9H,2,5-8,10H2,(H,19,22)(H,23,24). The summed E-state index contributed by atoms with van der Waals surface area (Å²) in [6.45, 7) is 0.311. The quantitative estimate of drug-likeness (QED) is 0.783. The summed E-state index contributed by atoms with van der Waals surface area (Å²) in [6, 6.07) is 7.12. The van der Waals surface area contributed by atoms with Crippen molar-refractivity contribution in [1.29, 1.82) is 0 Å². The van der Waals surface area contributed by atoms with Gasteiger partial charge in [0.2, 0.25) is 17.6 Å². The zero-order valence-corrected chi connectivity index (χ0v) is 14.3. The topological polar surface area (TPSA) is 105 Å². The smallest absolute Gasteiger partial charge is 0.310 e. The van der Waals surface area contributed by atoms with Crippen molar-refractivity contribution < 1.29 is 19.2 Å². The minimum Gasteiger partial charge on any atom is -0.481 e. The first-order valence-corrected chi connectivity index (χ1v) is 8.45. The average Bonchev–Trinajstić information content (AvgIpc) is 2.99. The molecule has 132 valence electrons. The van der Waals surface area contributed by atoms with Crippen LogP contribution in [0.3, 0.4) is 0 Å². The minimum atomic E-state index is -0.892. The van der Waals surface area contributed by atoms with Crippen LogP contribution in [-0.2, 0) is 16.0 Å². The maximum absolute atomic E-state index is 12.0. The van der Waals surface area contributed by atoms with E-state index in [1.54, 1.807) is 18.2 Å². The van der Waals surface area contributed by atoms with E-state index in [2.05, 4.69) is 15.5 Å². The number of halogens is 1. The lowest BCUT2D eigenvalue weighted by Gasteiger charge is -2.36. The first-order valence-electron chi connectivity index (χ1n) is 8.07. The van der Waals surface area contributed by atoms with Gasteiger partial charge in [0.25, 0.3) is 0 Å². The van der Waals surface area contributed by atoms with E-state index in [1.165, 1.54) is 0 Å². The summed E-state index contributed by atoms with van der Waals surface area (Å²) in [5.41, 5.74) is -0.131. The van der Waals surface area contributed by atoms with Crippen molar-refractivity contribution in [3.63, 3.8) is 0 Å². The molecule has 0 atom stereocenters. The van der Waals surface area contributed by atoms with Gasteiger partial charge in [0, 0.05) is 30.0 Å². The van der Waals surface area contributed by atoms with Crippen molar-refractivity contribution in [2.24, 2.45) is 5.41 Å². The second-order valence-electron chi connectivity index (χ2n) is 6.24. The molecule has 3 rings (SSSR count). The Morgan fingerprint density at radius 3 is 2.80 bits per heavy atom. The zero-order valence-electron chi connectivity index (χ0n) is 13.5. The Kier molecular flexibility index (Phi) is 5.03. The number of nitrogens with one attached hydrogen (secondary N) is 1. The molecule has 1 amide bonds. The Morgan fingerprint density at radius 2 is 2.16 bits per heavy atom. The summed E-state index contributed by atoms with van der Waals surface area (Å²) in [5, 5.41) is 16.4. The fourth-order valence-corrected chi connectivity index (χ4v) is 3.04. The summed E-state index contributed by atoms with van der Waals surface area (Å²) >= 11 is 5.94. The molecule has 1 saturated carbocycles. The summed E-state index contributed by atoms with van der Waals surface area (Å²) in [6.07, 6.45) is 2.36. The molecular formula is C17H18ClN3O4. The van der Waals surface area contributed by atoms with Crippen LogP contribution in [0.4, 0.5) is 0 Å². The Bertz CT molecular complexity index is 786. The van der Waals surface area contributed by atoms with E-state index in [4.69, 9.17) is 16.1 Å². The maximum Gasteiger partial charge on any atom is 0.310 e. The molecule has 2 N–H and O–H groups in total. The van der Waals surface area contributed by atoms with E-state index in [9.17, 15) is 14.7 Å². The van der Waals surface area contributed by atoms with Crippen molar-refractivity contribution in [2.75, 3.05) is 6.54 Å². The molecule has 0 radical (unpaired) electrons. The van der Waals surface area contributed by atoms with Crippen LogP contribution in [0.5, 0.6) is 0 Å². The number of benzene rings is 1. The van der Waals surface area contributed by atoms with Crippen LogP contribution in [-0.4, -0.2) is 33.7 Å². The molecule has 1 heterocycles. The van der Waals surface area contributed by atoms with Crippen LogP contribution in [0.1, 0.15) is 31.6 Å². The first kappa shape index (κ1) is 17.4. The fraction of sp³-hybridized carbons (Fsp3) is 0.412. The first-order chi connectivity index (χ1) is 12.0. The predicted octanol–water partition coefficient (Wildman–Crippen LogP) is 2.69. The number of aliphatic carboxylic acids is 1. The molecule has 0 unspecified atom stereocenters. The number of nitrogens with zero attached hydrogens (tertiary/aromatic N) is 2. The Morgan fingerprint density at radius 1 is 1.36 bits per heavy atom. The molecule has 8 heteroatoms. The lowest BCUT2D eigenvalue weighted by atomic mass is 9.66. The highest BCUT2D eigenvalue weighted by Gasteiger charge is 2.45. The third-order valence-corrected chi connectivity index (χ3v) is 4.71. The maximum atomic E-state index is 12.0. The molecular weight excluding hydrogens is 346 g/mol. The summed E-state index contributed by atoms with van der Waals surface area (Å²) in [4.78, 5) is 27.5.